The highest BCUT2D eigenvalue weighted by molar-refractivity contribution is 5.75. The molecule has 0 atom stereocenters. The molecule has 0 saturated carbocycles. The molecule has 0 aromatic heterocycles. The van der Waals surface area contributed by atoms with Crippen LogP contribution in [-0.4, -0.2) is 101 Å². The van der Waals surface area contributed by atoms with E-state index in [9.17, 15) is 0 Å². The van der Waals surface area contributed by atoms with E-state index in [0.29, 0.717) is 38.9 Å². The van der Waals surface area contributed by atoms with E-state index in [1.165, 1.54) is 0 Å². The summed E-state index contributed by atoms with van der Waals surface area (Å²) in [7, 11) is 0. The molecule has 0 unspecified atom stereocenters. The molecule has 1 aliphatic heterocycles. The lowest BCUT2D eigenvalue weighted by atomic mass is 10.4. The number of aliphatic imine (C=N–C) groups is 1. The molecule has 0 aliphatic carbocycles. The summed E-state index contributed by atoms with van der Waals surface area (Å²) in [5.41, 5.74) is 19.8. The third kappa shape index (κ3) is 11.1. The van der Waals surface area contributed by atoms with Gasteiger partial charge in [-0.3, -0.25) is 20.5 Å². The molecule has 0 bridgehead atoms. The summed E-state index contributed by atoms with van der Waals surface area (Å²) in [6, 6.07) is 0. The molecule has 0 radical (unpaired) electrons. The van der Waals surface area contributed by atoms with Crippen molar-refractivity contribution in [2.24, 2.45) is 22.2 Å². The number of hydrogen-bond donors (Lipinski definition) is 5. The Morgan fingerprint density at radius 1 is 0.917 bits per heavy atom. The van der Waals surface area contributed by atoms with Crippen molar-refractivity contribution < 1.29 is 20.2 Å². The fraction of sp³-hybridized carbons (Fsp3) is 0.857. The van der Waals surface area contributed by atoms with Crippen molar-refractivity contribution in [2.75, 3.05) is 78.8 Å². The molecule has 10 nitrogen and oxygen atoms in total. The highest BCUT2D eigenvalue weighted by Crippen LogP contribution is 1.95. The Morgan fingerprint density at radius 2 is 1.42 bits per heavy atom. The number of nitrogens with one attached hydrogen (secondary N) is 1. The van der Waals surface area contributed by atoms with Crippen LogP contribution >= 0.6 is 0 Å². The molecule has 1 aliphatic rings. The van der Waals surface area contributed by atoms with E-state index in [0.717, 1.165) is 45.8 Å². The van der Waals surface area contributed by atoms with E-state index in [4.69, 9.17) is 26.7 Å². The second-order valence-corrected chi connectivity index (χ2v) is 5.67. The van der Waals surface area contributed by atoms with Crippen LogP contribution in [0.1, 0.15) is 0 Å². The van der Waals surface area contributed by atoms with Crippen LogP contribution in [0.2, 0.25) is 0 Å². The molecule has 0 amide bonds. The molecule has 10 N–H and O–H groups in total. The van der Waals surface area contributed by atoms with E-state index < -0.39 is 0 Å². The monoisotopic (exact) mass is 346 g/mol. The summed E-state index contributed by atoms with van der Waals surface area (Å²) in [6.45, 7) is 9.25. The predicted octanol–water partition coefficient (Wildman–Crippen LogP) is -5.45. The van der Waals surface area contributed by atoms with Crippen molar-refractivity contribution in [3.63, 3.8) is 0 Å². The molecular formula is C14H34N8O2+2. The van der Waals surface area contributed by atoms with Gasteiger partial charge in [0.25, 0.3) is 0 Å². The van der Waals surface area contributed by atoms with E-state index in [1.807, 2.05) is 0 Å². The quantitative estimate of drug-likeness (QED) is 0.237. The second-order valence-electron chi connectivity index (χ2n) is 5.67. The predicted molar refractivity (Wildman–Crippen MR) is 93.1 cm³/mol. The summed E-state index contributed by atoms with van der Waals surface area (Å²) in [5.74, 6) is 0.627. The smallest absolute Gasteiger partial charge is 0.379 e. The van der Waals surface area contributed by atoms with Crippen LogP contribution in [0.25, 0.3) is 0 Å². The van der Waals surface area contributed by atoms with E-state index in [1.54, 1.807) is 0 Å². The summed E-state index contributed by atoms with van der Waals surface area (Å²) in [5, 5.41) is 0. The fourth-order valence-corrected chi connectivity index (χ4v) is 2.34. The van der Waals surface area contributed by atoms with Gasteiger partial charge >= 0.3 is 5.96 Å². The zero-order valence-corrected chi connectivity index (χ0v) is 14.6. The maximum absolute atomic E-state index is 5.75. The lowest BCUT2D eigenvalue weighted by Gasteiger charge is -2.25. The molecule has 1 heterocycles. The Labute approximate surface area is 143 Å². The first kappa shape index (κ1) is 20.6. The first-order valence-corrected chi connectivity index (χ1v) is 8.42. The van der Waals surface area contributed by atoms with Gasteiger partial charge in [0.1, 0.15) is 6.54 Å². The Bertz CT molecular complexity index is 335. The van der Waals surface area contributed by atoms with Gasteiger partial charge in [-0.1, -0.05) is 0 Å². The fourth-order valence-electron chi connectivity index (χ4n) is 2.34. The van der Waals surface area contributed by atoms with E-state index >= 15 is 0 Å². The third-order valence-electron chi connectivity index (χ3n) is 3.70. The van der Waals surface area contributed by atoms with E-state index in [-0.39, 0.29) is 5.96 Å². The number of rotatable bonds is 6. The second kappa shape index (κ2) is 12.9. The number of guanidine groups is 2. The first-order valence-electron chi connectivity index (χ1n) is 8.42. The van der Waals surface area contributed by atoms with Crippen molar-refractivity contribution in [2.45, 2.75) is 0 Å². The summed E-state index contributed by atoms with van der Waals surface area (Å²) in [6.07, 6.45) is 0. The van der Waals surface area contributed by atoms with Gasteiger partial charge in [-0.05, 0) is 0 Å². The minimum Gasteiger partial charge on any atom is -0.379 e. The standard InChI is InChI=1S/C14H32N8O2/c15-13(16)19-1-3-21-5-9-23-11-7-22(4-2-20-14(17)18)8-12-24-10-6-21/h1-12H2,(H4,15,16,19)(H4,17,18,20)/p+2. The molecule has 0 aromatic carbocycles. The van der Waals surface area contributed by atoms with Crippen LogP contribution in [0.4, 0.5) is 0 Å². The molecule has 10 heteroatoms. The Morgan fingerprint density at radius 3 is 1.88 bits per heavy atom. The minimum absolute atomic E-state index is 0.129. The number of quaternary nitrogens is 1. The van der Waals surface area contributed by atoms with Gasteiger partial charge in [-0.2, -0.15) is 0 Å². The van der Waals surface area contributed by atoms with Gasteiger partial charge < -0.3 is 20.9 Å². The van der Waals surface area contributed by atoms with Crippen LogP contribution < -0.4 is 27.9 Å². The van der Waals surface area contributed by atoms with Gasteiger partial charge in [0.15, 0.2) is 5.96 Å². The van der Waals surface area contributed by atoms with Crippen LogP contribution in [0.3, 0.4) is 0 Å². The molecule has 1 saturated heterocycles. The van der Waals surface area contributed by atoms with Crippen LogP contribution in [0, 0.1) is 0 Å². The number of nitrogens with two attached hydrogens (primary N) is 3. The van der Waals surface area contributed by atoms with Gasteiger partial charge in [-0.15, -0.1) is 0 Å². The first-order chi connectivity index (χ1) is 11.6. The Kier molecular flexibility index (Phi) is 11.1. The molecular weight excluding hydrogens is 312 g/mol. The van der Waals surface area contributed by atoms with Crippen molar-refractivity contribution in [3.05, 3.63) is 0 Å². The number of ether oxygens (including phenoxy) is 2. The molecule has 140 valence electrons. The molecule has 24 heavy (non-hydrogen) atoms. The average Bonchev–Trinajstić information content (AvgIpc) is 2.50. The Balaban J connectivity index is 2.32. The van der Waals surface area contributed by atoms with Crippen molar-refractivity contribution >= 4 is 11.9 Å². The highest BCUT2D eigenvalue weighted by atomic mass is 16.5. The third-order valence-corrected chi connectivity index (χ3v) is 3.70. The van der Waals surface area contributed by atoms with Crippen molar-refractivity contribution in [1.82, 2.24) is 9.80 Å². The summed E-state index contributed by atoms with van der Waals surface area (Å²) < 4.78 is 11.5. The van der Waals surface area contributed by atoms with Crippen molar-refractivity contribution in [1.29, 1.82) is 0 Å². The summed E-state index contributed by atoms with van der Waals surface area (Å²) in [4.78, 5) is 11.6. The number of hydrogen-bond acceptors (Lipinski definition) is 5. The lowest BCUT2D eigenvalue weighted by Crippen LogP contribution is -2.89. The molecule has 0 spiro atoms. The largest absolute Gasteiger partial charge is 0.434 e. The van der Waals surface area contributed by atoms with Gasteiger partial charge in [0.2, 0.25) is 0 Å². The maximum atomic E-state index is 5.75. The van der Waals surface area contributed by atoms with Gasteiger partial charge in [-0.25, -0.2) is 10.7 Å². The van der Waals surface area contributed by atoms with E-state index in [2.05, 4.69) is 25.5 Å². The van der Waals surface area contributed by atoms with Crippen LogP contribution in [0.15, 0.2) is 4.99 Å². The summed E-state index contributed by atoms with van der Waals surface area (Å²) >= 11 is 0. The minimum atomic E-state index is 0.129. The normalized spacial score (nSPS) is 20.1. The SMILES string of the molecule is NC(N)=NCCN1CCOCCN(CC[NH+]=C(N)[NH3+])CCOCC1. The van der Waals surface area contributed by atoms with Crippen LogP contribution in [0.5, 0.6) is 0 Å². The zero-order chi connectivity index (χ0) is 17.6. The number of nitrogens with zero attached hydrogens (tertiary/aromatic N) is 3. The Hall–Kier alpha value is -1.46. The molecule has 0 aromatic rings. The van der Waals surface area contributed by atoms with Gasteiger partial charge in [0.05, 0.1) is 33.0 Å². The maximum Gasteiger partial charge on any atom is 0.434 e. The van der Waals surface area contributed by atoms with Gasteiger partial charge in [0, 0.05) is 39.3 Å². The average molecular weight is 346 g/mol. The molecule has 1 fully saturated rings. The highest BCUT2D eigenvalue weighted by Gasteiger charge is 2.09. The topological polar surface area (TPSA) is 157 Å². The lowest BCUT2D eigenvalue weighted by molar-refractivity contribution is -0.504. The van der Waals surface area contributed by atoms with Crippen molar-refractivity contribution in [3.8, 4) is 0 Å². The zero-order valence-electron chi connectivity index (χ0n) is 14.6. The van der Waals surface area contributed by atoms with Crippen LogP contribution in [-0.2, 0) is 9.47 Å². The molecule has 1 rings (SSSR count).